The Labute approximate surface area is 179 Å². The van der Waals surface area contributed by atoms with Gasteiger partial charge >= 0.3 is 0 Å². The van der Waals surface area contributed by atoms with E-state index < -0.39 is 19.9 Å². The third-order valence-electron chi connectivity index (χ3n) is 4.30. The molecular formula is C19H22N2O6S3. The minimum atomic E-state index is -3.98. The molecule has 0 saturated heterocycles. The van der Waals surface area contributed by atoms with Crippen LogP contribution in [0.4, 0.5) is 0 Å². The summed E-state index contributed by atoms with van der Waals surface area (Å²) in [7, 11) is -5.87. The maximum Gasteiger partial charge on any atom is 0.285 e. The molecule has 30 heavy (non-hydrogen) atoms. The van der Waals surface area contributed by atoms with Gasteiger partial charge in [0.25, 0.3) is 10.0 Å². The van der Waals surface area contributed by atoms with Crippen molar-refractivity contribution >= 4 is 41.4 Å². The molecule has 0 N–H and O–H groups in total. The molecule has 162 valence electrons. The van der Waals surface area contributed by atoms with E-state index in [9.17, 15) is 16.8 Å². The molecule has 0 bridgehead atoms. The minimum Gasteiger partial charge on any atom is -0.497 e. The highest BCUT2D eigenvalue weighted by Gasteiger charge is 2.16. The van der Waals surface area contributed by atoms with E-state index in [1.807, 2.05) is 6.92 Å². The number of sulfone groups is 1. The van der Waals surface area contributed by atoms with Crippen LogP contribution in [0.15, 0.2) is 56.7 Å². The molecule has 0 unspecified atom stereocenters. The van der Waals surface area contributed by atoms with Gasteiger partial charge < -0.3 is 14.0 Å². The Morgan fingerprint density at radius 2 is 1.70 bits per heavy atom. The van der Waals surface area contributed by atoms with Gasteiger partial charge in [-0.2, -0.15) is 8.42 Å². The largest absolute Gasteiger partial charge is 0.497 e. The van der Waals surface area contributed by atoms with Crippen molar-refractivity contribution in [3.63, 3.8) is 0 Å². The number of methoxy groups -OCH3 is 1. The predicted molar refractivity (Wildman–Crippen MR) is 115 cm³/mol. The third-order valence-corrected chi connectivity index (χ3v) is 7.85. The Kier molecular flexibility index (Phi) is 6.65. The van der Waals surface area contributed by atoms with Crippen molar-refractivity contribution in [3.05, 3.63) is 47.3 Å². The fourth-order valence-corrected chi connectivity index (χ4v) is 5.79. The lowest BCUT2D eigenvalue weighted by atomic mass is 10.3. The zero-order valence-corrected chi connectivity index (χ0v) is 19.2. The van der Waals surface area contributed by atoms with E-state index in [4.69, 9.17) is 9.47 Å². The van der Waals surface area contributed by atoms with Crippen LogP contribution in [-0.4, -0.2) is 48.0 Å². The van der Waals surface area contributed by atoms with Gasteiger partial charge in [0.2, 0.25) is 4.80 Å². The first kappa shape index (κ1) is 22.5. The molecule has 0 fully saturated rings. The lowest BCUT2D eigenvalue weighted by molar-refractivity contribution is 0.139. The van der Waals surface area contributed by atoms with Crippen molar-refractivity contribution in [2.75, 3.05) is 26.6 Å². The zero-order chi connectivity index (χ0) is 21.9. The lowest BCUT2D eigenvalue weighted by Crippen LogP contribution is -2.20. The standard InChI is InChI=1S/C19H22N2O6S3/c1-4-27-12-11-21-17-10-9-16(29(3,22)23)13-18(17)28-19(21)20-30(24,25)15-7-5-14(26-2)6-8-15/h5-10,13H,4,11-12H2,1-3H3/b20-19-. The van der Waals surface area contributed by atoms with Gasteiger partial charge in [-0.05, 0) is 49.4 Å². The third kappa shape index (κ3) is 4.91. The average molecular weight is 471 g/mol. The van der Waals surface area contributed by atoms with Gasteiger partial charge in [0.1, 0.15) is 5.75 Å². The molecule has 1 heterocycles. The van der Waals surface area contributed by atoms with Crippen LogP contribution in [0.25, 0.3) is 10.2 Å². The first-order valence-corrected chi connectivity index (χ1v) is 13.2. The molecular weight excluding hydrogens is 448 g/mol. The van der Waals surface area contributed by atoms with Gasteiger partial charge in [0.15, 0.2) is 9.84 Å². The summed E-state index contributed by atoms with van der Waals surface area (Å²) in [5, 5.41) is 0. The maximum atomic E-state index is 12.8. The number of fused-ring (bicyclic) bond motifs is 1. The molecule has 3 rings (SSSR count). The summed E-state index contributed by atoms with van der Waals surface area (Å²) >= 11 is 1.11. The fraction of sp³-hybridized carbons (Fsp3) is 0.316. The molecule has 0 aliphatic heterocycles. The molecule has 0 aliphatic rings. The number of thiazole rings is 1. The highest BCUT2D eigenvalue weighted by atomic mass is 32.2. The quantitative estimate of drug-likeness (QED) is 0.469. The van der Waals surface area contributed by atoms with E-state index in [1.54, 1.807) is 22.8 Å². The number of sulfonamides is 1. The van der Waals surface area contributed by atoms with Crippen LogP contribution in [0.3, 0.4) is 0 Å². The molecule has 0 radical (unpaired) electrons. The summed E-state index contributed by atoms with van der Waals surface area (Å²) in [4.78, 5) is 0.442. The Hall–Kier alpha value is -2.21. The van der Waals surface area contributed by atoms with Crippen molar-refractivity contribution in [3.8, 4) is 5.75 Å². The first-order chi connectivity index (χ1) is 14.2. The molecule has 2 aromatic carbocycles. The van der Waals surface area contributed by atoms with Crippen molar-refractivity contribution in [1.82, 2.24) is 4.57 Å². The second kappa shape index (κ2) is 8.88. The van der Waals surface area contributed by atoms with E-state index in [1.165, 1.54) is 31.4 Å². The minimum absolute atomic E-state index is 0.0361. The number of hydrogen-bond acceptors (Lipinski definition) is 7. The maximum absolute atomic E-state index is 12.8. The highest BCUT2D eigenvalue weighted by molar-refractivity contribution is 7.90. The van der Waals surface area contributed by atoms with Crippen molar-refractivity contribution in [2.24, 2.45) is 4.40 Å². The number of aromatic nitrogens is 1. The SMILES string of the molecule is CCOCCn1/c(=N/S(=O)(=O)c2ccc(OC)cc2)sc2cc(S(C)(=O)=O)ccc21. The molecule has 8 nitrogen and oxygen atoms in total. The molecule has 0 atom stereocenters. The Morgan fingerprint density at radius 1 is 1.03 bits per heavy atom. The van der Waals surface area contributed by atoms with Gasteiger partial charge in [-0.15, -0.1) is 4.40 Å². The molecule has 0 spiro atoms. The first-order valence-electron chi connectivity index (χ1n) is 9.02. The van der Waals surface area contributed by atoms with Gasteiger partial charge in [-0.3, -0.25) is 0 Å². The van der Waals surface area contributed by atoms with Crippen LogP contribution in [-0.2, 0) is 31.1 Å². The van der Waals surface area contributed by atoms with E-state index in [-0.39, 0.29) is 14.6 Å². The summed E-state index contributed by atoms with van der Waals surface area (Å²) in [6.45, 7) is 3.14. The van der Waals surface area contributed by atoms with E-state index >= 15 is 0 Å². The topological polar surface area (TPSA) is 104 Å². The highest BCUT2D eigenvalue weighted by Crippen LogP contribution is 2.23. The summed E-state index contributed by atoms with van der Waals surface area (Å²) in [5.74, 6) is 0.538. The van der Waals surface area contributed by atoms with Gasteiger partial charge in [0.05, 0.1) is 33.7 Å². The second-order valence-electron chi connectivity index (χ2n) is 6.38. The molecule has 3 aromatic rings. The summed E-state index contributed by atoms with van der Waals surface area (Å²) < 4.78 is 66.3. The normalized spacial score (nSPS) is 13.1. The number of hydrogen-bond donors (Lipinski definition) is 0. The average Bonchev–Trinajstić information content (AvgIpc) is 3.03. The van der Waals surface area contributed by atoms with E-state index in [2.05, 4.69) is 4.40 Å². The van der Waals surface area contributed by atoms with Crippen molar-refractivity contribution in [2.45, 2.75) is 23.3 Å². The van der Waals surface area contributed by atoms with Gasteiger partial charge in [-0.1, -0.05) is 11.3 Å². The second-order valence-corrected chi connectivity index (χ2v) is 11.0. The smallest absolute Gasteiger partial charge is 0.285 e. The molecule has 0 aliphatic carbocycles. The zero-order valence-electron chi connectivity index (χ0n) is 16.7. The Balaban J connectivity index is 2.17. The van der Waals surface area contributed by atoms with Crippen LogP contribution in [0.1, 0.15) is 6.92 Å². The van der Waals surface area contributed by atoms with Crippen LogP contribution < -0.4 is 9.54 Å². The number of nitrogens with zero attached hydrogens (tertiary/aromatic N) is 2. The molecule has 11 heteroatoms. The van der Waals surface area contributed by atoms with E-state index in [0.29, 0.717) is 35.7 Å². The molecule has 0 amide bonds. The van der Waals surface area contributed by atoms with Crippen LogP contribution in [0.2, 0.25) is 0 Å². The van der Waals surface area contributed by atoms with Crippen LogP contribution in [0, 0.1) is 0 Å². The van der Waals surface area contributed by atoms with Crippen molar-refractivity contribution in [1.29, 1.82) is 0 Å². The molecule has 0 saturated carbocycles. The van der Waals surface area contributed by atoms with Gasteiger partial charge in [-0.25, -0.2) is 8.42 Å². The summed E-state index contributed by atoms with van der Waals surface area (Å²) in [5.41, 5.74) is 0.691. The molecule has 1 aromatic heterocycles. The predicted octanol–water partition coefficient (Wildman–Crippen LogP) is 2.44. The van der Waals surface area contributed by atoms with Gasteiger partial charge in [0, 0.05) is 19.4 Å². The number of ether oxygens (including phenoxy) is 2. The fourth-order valence-electron chi connectivity index (χ4n) is 2.77. The Bertz CT molecular complexity index is 1320. The Morgan fingerprint density at radius 3 is 2.30 bits per heavy atom. The van der Waals surface area contributed by atoms with Crippen molar-refractivity contribution < 1.29 is 26.3 Å². The summed E-state index contributed by atoms with van der Waals surface area (Å²) in [6, 6.07) is 10.7. The van der Waals surface area contributed by atoms with Crippen LogP contribution >= 0.6 is 11.3 Å². The lowest BCUT2D eigenvalue weighted by Gasteiger charge is -2.06. The summed E-state index contributed by atoms with van der Waals surface area (Å²) in [6.07, 6.45) is 1.13. The monoisotopic (exact) mass is 470 g/mol. The van der Waals surface area contributed by atoms with Crippen LogP contribution in [0.5, 0.6) is 5.75 Å². The number of benzene rings is 2. The number of rotatable bonds is 8. The van der Waals surface area contributed by atoms with E-state index in [0.717, 1.165) is 17.6 Å².